The second kappa shape index (κ2) is 9.75. The van der Waals surface area contributed by atoms with Crippen molar-refractivity contribution in [3.05, 3.63) is 46.0 Å². The molecule has 0 spiro atoms. The fraction of sp³-hybridized carbons (Fsp3) is 0.417. The number of carbonyl (C=O) groups excluding carboxylic acids is 2. The van der Waals surface area contributed by atoms with Gasteiger partial charge in [0.25, 0.3) is 5.91 Å². The van der Waals surface area contributed by atoms with E-state index < -0.39 is 11.9 Å². The minimum absolute atomic E-state index is 0.168. The van der Waals surface area contributed by atoms with Crippen molar-refractivity contribution < 1.29 is 23.5 Å². The summed E-state index contributed by atoms with van der Waals surface area (Å²) in [5.41, 5.74) is 1.99. The Morgan fingerprint density at radius 1 is 1.22 bits per heavy atom. The van der Waals surface area contributed by atoms with Crippen molar-refractivity contribution in [3.8, 4) is 5.75 Å². The first-order valence-electron chi connectivity index (χ1n) is 11.1. The fourth-order valence-corrected chi connectivity index (χ4v) is 5.33. The Hall–Kier alpha value is -2.84. The van der Waals surface area contributed by atoms with Gasteiger partial charge in [-0.1, -0.05) is 19.1 Å². The van der Waals surface area contributed by atoms with Gasteiger partial charge in [0.2, 0.25) is 0 Å². The average Bonchev–Trinajstić information content (AvgIpc) is 3.36. The molecule has 0 fully saturated rings. The zero-order valence-corrected chi connectivity index (χ0v) is 19.5. The molecule has 0 atom stereocenters. The molecule has 1 N–H and O–H groups in total. The summed E-state index contributed by atoms with van der Waals surface area (Å²) in [5, 5.41) is 4.21. The van der Waals surface area contributed by atoms with Crippen LogP contribution in [0.15, 0.2) is 28.7 Å². The lowest BCUT2D eigenvalue weighted by Gasteiger charge is -2.26. The van der Waals surface area contributed by atoms with Gasteiger partial charge in [-0.3, -0.25) is 9.69 Å². The number of benzene rings is 1. The second-order valence-corrected chi connectivity index (χ2v) is 8.73. The van der Waals surface area contributed by atoms with Gasteiger partial charge in [0.15, 0.2) is 17.1 Å². The highest BCUT2D eigenvalue weighted by Crippen LogP contribution is 2.38. The highest BCUT2D eigenvalue weighted by Gasteiger charge is 2.30. The molecule has 2 aromatic heterocycles. The molecule has 0 aliphatic carbocycles. The maximum Gasteiger partial charge on any atom is 0.341 e. The number of amides is 1. The van der Waals surface area contributed by atoms with Gasteiger partial charge < -0.3 is 19.2 Å². The first-order valence-corrected chi connectivity index (χ1v) is 11.9. The third-order valence-corrected chi connectivity index (χ3v) is 6.55. The molecule has 1 amide bonds. The van der Waals surface area contributed by atoms with E-state index in [1.165, 1.54) is 11.3 Å². The molecule has 3 heterocycles. The molecule has 32 heavy (non-hydrogen) atoms. The average molecular weight is 457 g/mol. The second-order valence-electron chi connectivity index (χ2n) is 7.63. The number of fused-ring (bicyclic) bond motifs is 2. The summed E-state index contributed by atoms with van der Waals surface area (Å²) < 4.78 is 16.7. The minimum Gasteiger partial charge on any atom is -0.490 e. The number of carbonyl (C=O) groups is 2. The molecule has 1 aliphatic rings. The highest BCUT2D eigenvalue weighted by molar-refractivity contribution is 7.17. The lowest BCUT2D eigenvalue weighted by Crippen LogP contribution is -2.30. The molecule has 170 valence electrons. The van der Waals surface area contributed by atoms with Crippen molar-refractivity contribution in [2.75, 3.05) is 31.6 Å². The van der Waals surface area contributed by atoms with Crippen LogP contribution in [0, 0.1) is 0 Å². The number of nitrogens with one attached hydrogen (secondary N) is 1. The molecule has 0 unspecified atom stereocenters. The topological polar surface area (TPSA) is 81.0 Å². The van der Waals surface area contributed by atoms with Crippen LogP contribution in [0.1, 0.15) is 58.5 Å². The number of anilines is 1. The molecule has 3 aromatic rings. The van der Waals surface area contributed by atoms with Crippen LogP contribution in [0.2, 0.25) is 0 Å². The summed E-state index contributed by atoms with van der Waals surface area (Å²) >= 11 is 1.45. The van der Waals surface area contributed by atoms with E-state index in [-0.39, 0.29) is 12.4 Å². The van der Waals surface area contributed by atoms with E-state index in [0.29, 0.717) is 28.5 Å². The van der Waals surface area contributed by atoms with Gasteiger partial charge in [0.1, 0.15) is 5.00 Å². The summed E-state index contributed by atoms with van der Waals surface area (Å²) in [6, 6.07) is 7.23. The summed E-state index contributed by atoms with van der Waals surface area (Å²) in [6.07, 6.45) is 1.84. The molecule has 7 nitrogen and oxygen atoms in total. The third kappa shape index (κ3) is 4.38. The van der Waals surface area contributed by atoms with E-state index in [4.69, 9.17) is 13.9 Å². The molecule has 8 heteroatoms. The Morgan fingerprint density at radius 2 is 2.06 bits per heavy atom. The molecule has 0 saturated heterocycles. The quantitative estimate of drug-likeness (QED) is 0.476. The standard InChI is InChI=1S/C24H28N2O5S/c1-4-11-26-12-10-16-19(14-26)32-23(20(16)24(28)30-6-3)25-22(27)18-13-15-8-7-9-17(29-5-2)21(15)31-18/h7-9,13H,4-6,10-12,14H2,1-3H3,(H,25,27). The van der Waals surface area contributed by atoms with Gasteiger partial charge in [0.05, 0.1) is 18.8 Å². The van der Waals surface area contributed by atoms with Crippen LogP contribution in [0.5, 0.6) is 5.75 Å². The zero-order chi connectivity index (χ0) is 22.7. The van der Waals surface area contributed by atoms with Crippen molar-refractivity contribution in [3.63, 3.8) is 0 Å². The van der Waals surface area contributed by atoms with Crippen LogP contribution in [-0.2, 0) is 17.7 Å². The normalized spacial score (nSPS) is 13.7. The van der Waals surface area contributed by atoms with Gasteiger partial charge in [-0.15, -0.1) is 11.3 Å². The number of rotatable bonds is 8. The van der Waals surface area contributed by atoms with Gasteiger partial charge in [-0.2, -0.15) is 0 Å². The Kier molecular flexibility index (Phi) is 6.81. The molecular formula is C24H28N2O5S. The molecule has 0 saturated carbocycles. The monoisotopic (exact) mass is 456 g/mol. The van der Waals surface area contributed by atoms with Crippen molar-refractivity contribution >= 4 is 39.2 Å². The molecular weight excluding hydrogens is 428 g/mol. The van der Waals surface area contributed by atoms with Crippen LogP contribution in [0.4, 0.5) is 5.00 Å². The summed E-state index contributed by atoms with van der Waals surface area (Å²) in [4.78, 5) is 29.3. The lowest BCUT2D eigenvalue weighted by atomic mass is 10.0. The predicted octanol–water partition coefficient (Wildman–Crippen LogP) is 5.09. The van der Waals surface area contributed by atoms with E-state index in [1.807, 2.05) is 25.1 Å². The highest BCUT2D eigenvalue weighted by atomic mass is 32.1. The van der Waals surface area contributed by atoms with Gasteiger partial charge in [-0.25, -0.2) is 4.79 Å². The molecule has 0 bridgehead atoms. The van der Waals surface area contributed by atoms with Gasteiger partial charge in [0, 0.05) is 23.4 Å². The van der Waals surface area contributed by atoms with Crippen LogP contribution in [-0.4, -0.2) is 43.1 Å². The van der Waals surface area contributed by atoms with Crippen molar-refractivity contribution in [2.24, 2.45) is 0 Å². The maximum absolute atomic E-state index is 13.1. The van der Waals surface area contributed by atoms with E-state index in [1.54, 1.807) is 13.0 Å². The summed E-state index contributed by atoms with van der Waals surface area (Å²) in [7, 11) is 0. The van der Waals surface area contributed by atoms with Crippen LogP contribution < -0.4 is 10.1 Å². The first kappa shape index (κ1) is 22.4. The molecule has 1 aromatic carbocycles. The maximum atomic E-state index is 13.1. The van der Waals surface area contributed by atoms with Crippen LogP contribution >= 0.6 is 11.3 Å². The smallest absolute Gasteiger partial charge is 0.341 e. The Labute approximate surface area is 191 Å². The predicted molar refractivity (Wildman–Crippen MR) is 125 cm³/mol. The number of para-hydroxylation sites is 1. The van der Waals surface area contributed by atoms with Crippen LogP contribution in [0.3, 0.4) is 0 Å². The molecule has 0 radical (unpaired) electrons. The van der Waals surface area contributed by atoms with Gasteiger partial charge >= 0.3 is 5.97 Å². The lowest BCUT2D eigenvalue weighted by molar-refractivity contribution is 0.0526. The molecule has 1 aliphatic heterocycles. The fourth-order valence-electron chi connectivity index (χ4n) is 4.05. The van der Waals surface area contributed by atoms with Crippen molar-refractivity contribution in [1.29, 1.82) is 0 Å². The number of hydrogen-bond acceptors (Lipinski definition) is 7. The number of ether oxygens (including phenoxy) is 2. The summed E-state index contributed by atoms with van der Waals surface area (Å²) in [5.74, 6) is -0.0366. The zero-order valence-electron chi connectivity index (χ0n) is 18.7. The van der Waals surface area contributed by atoms with E-state index in [0.717, 1.165) is 48.3 Å². The number of furan rings is 1. The Morgan fingerprint density at radius 3 is 2.81 bits per heavy atom. The van der Waals surface area contributed by atoms with E-state index in [2.05, 4.69) is 17.1 Å². The number of nitrogens with zero attached hydrogens (tertiary/aromatic N) is 1. The summed E-state index contributed by atoms with van der Waals surface area (Å²) in [6.45, 7) is 9.29. The number of thiophene rings is 1. The third-order valence-electron chi connectivity index (χ3n) is 5.41. The van der Waals surface area contributed by atoms with Gasteiger partial charge in [-0.05, 0) is 50.9 Å². The largest absolute Gasteiger partial charge is 0.490 e. The minimum atomic E-state index is -0.404. The first-order chi connectivity index (χ1) is 15.5. The van der Waals surface area contributed by atoms with Crippen molar-refractivity contribution in [1.82, 2.24) is 4.90 Å². The Balaban J connectivity index is 1.65. The Bertz CT molecular complexity index is 1130. The number of hydrogen-bond donors (Lipinski definition) is 1. The van der Waals surface area contributed by atoms with E-state index in [9.17, 15) is 9.59 Å². The van der Waals surface area contributed by atoms with Crippen LogP contribution in [0.25, 0.3) is 11.0 Å². The number of esters is 1. The molecule has 4 rings (SSSR count). The van der Waals surface area contributed by atoms with E-state index >= 15 is 0 Å². The van der Waals surface area contributed by atoms with Crippen molar-refractivity contribution in [2.45, 2.75) is 40.2 Å². The SMILES string of the molecule is CCCN1CCc2c(sc(NC(=O)c3cc4cccc(OCC)c4o3)c2C(=O)OCC)C1.